The Morgan fingerprint density at radius 2 is 1.71 bits per heavy atom. The number of anilines is 2. The van der Waals surface area contributed by atoms with Gasteiger partial charge < -0.3 is 10.2 Å². The summed E-state index contributed by atoms with van der Waals surface area (Å²) in [5.74, 6) is 1.18. The molecule has 3 aromatic carbocycles. The van der Waals surface area contributed by atoms with Crippen LogP contribution in [0, 0.1) is 11.3 Å². The first-order chi connectivity index (χ1) is 19.9. The van der Waals surface area contributed by atoms with Crippen molar-refractivity contribution >= 4 is 33.4 Å². The van der Waals surface area contributed by atoms with Crippen molar-refractivity contribution in [2.45, 2.75) is 13.0 Å². The van der Waals surface area contributed by atoms with E-state index in [0.717, 1.165) is 38.8 Å². The second-order valence-corrected chi connectivity index (χ2v) is 9.91. The highest BCUT2D eigenvalue weighted by molar-refractivity contribution is 5.96. The number of nitrogens with zero attached hydrogens (tertiary/aromatic N) is 7. The highest BCUT2D eigenvalue weighted by Crippen LogP contribution is 2.31. The van der Waals surface area contributed by atoms with Gasteiger partial charge in [-0.1, -0.05) is 36.4 Å². The van der Waals surface area contributed by atoms with Crippen LogP contribution in [-0.2, 0) is 0 Å². The number of rotatable bonds is 6. The average Bonchev–Trinajstić information content (AvgIpc) is 3.01. The molecule has 0 aliphatic heterocycles. The molecule has 0 amide bonds. The highest BCUT2D eigenvalue weighted by atomic mass is 16.1. The van der Waals surface area contributed by atoms with E-state index < -0.39 is 0 Å². The summed E-state index contributed by atoms with van der Waals surface area (Å²) in [5, 5.41) is 15.0. The van der Waals surface area contributed by atoms with Crippen molar-refractivity contribution in [3.05, 3.63) is 113 Å². The van der Waals surface area contributed by atoms with Gasteiger partial charge in [-0.2, -0.15) is 5.26 Å². The van der Waals surface area contributed by atoms with E-state index in [0.29, 0.717) is 22.7 Å². The molecule has 6 aromatic rings. The van der Waals surface area contributed by atoms with Crippen molar-refractivity contribution in [1.82, 2.24) is 24.5 Å². The number of benzene rings is 3. The zero-order chi connectivity index (χ0) is 28.5. The molecular weight excluding hydrogens is 512 g/mol. The van der Waals surface area contributed by atoms with Crippen LogP contribution in [0.2, 0.25) is 0 Å². The van der Waals surface area contributed by atoms with Crippen LogP contribution < -0.4 is 15.8 Å². The number of hydrogen-bond donors (Lipinski definition) is 1. The first-order valence-corrected chi connectivity index (χ1v) is 13.1. The molecule has 0 spiro atoms. The van der Waals surface area contributed by atoms with Crippen molar-refractivity contribution in [3.63, 3.8) is 0 Å². The van der Waals surface area contributed by atoms with Gasteiger partial charge in [0.25, 0.3) is 5.56 Å². The normalized spacial score (nSPS) is 11.8. The smallest absolute Gasteiger partial charge is 0.263 e. The predicted molar refractivity (Wildman–Crippen MR) is 161 cm³/mol. The van der Waals surface area contributed by atoms with Crippen LogP contribution in [0.15, 0.2) is 96.3 Å². The standard InChI is InChI=1S/C32H26N8O/c1-20(38-30-26-14-21(16-33)12-13-27(26)36-19-37-30)28-15-22-8-7-11-25(23-17-34-32(35-18-23)39(2)3)29(22)31(41)40(28)24-9-5-4-6-10-24/h4-15,17-20H,1-3H3,(H,36,37,38). The molecule has 200 valence electrons. The molecule has 9 nitrogen and oxygen atoms in total. The number of nitrogens with one attached hydrogen (secondary N) is 1. The molecule has 3 aromatic heterocycles. The molecular formula is C32H26N8O. The van der Waals surface area contributed by atoms with Crippen molar-refractivity contribution in [2.24, 2.45) is 0 Å². The summed E-state index contributed by atoms with van der Waals surface area (Å²) in [6.07, 6.45) is 4.98. The van der Waals surface area contributed by atoms with Gasteiger partial charge in [-0.05, 0) is 54.3 Å². The molecule has 0 saturated carbocycles. The third kappa shape index (κ3) is 4.72. The van der Waals surface area contributed by atoms with Crippen LogP contribution in [0.3, 0.4) is 0 Å². The fourth-order valence-electron chi connectivity index (χ4n) is 5.00. The fourth-order valence-corrected chi connectivity index (χ4v) is 5.00. The topological polar surface area (TPSA) is 113 Å². The van der Waals surface area contributed by atoms with Gasteiger partial charge in [0, 0.05) is 48.8 Å². The maximum Gasteiger partial charge on any atom is 0.263 e. The van der Waals surface area contributed by atoms with E-state index >= 15 is 0 Å². The summed E-state index contributed by atoms with van der Waals surface area (Å²) in [7, 11) is 3.77. The van der Waals surface area contributed by atoms with E-state index in [-0.39, 0.29) is 11.6 Å². The van der Waals surface area contributed by atoms with Gasteiger partial charge in [0.05, 0.1) is 28.6 Å². The Morgan fingerprint density at radius 1 is 0.927 bits per heavy atom. The lowest BCUT2D eigenvalue weighted by molar-refractivity contribution is 0.774. The monoisotopic (exact) mass is 538 g/mol. The van der Waals surface area contributed by atoms with Crippen LogP contribution in [-0.4, -0.2) is 38.6 Å². The molecule has 1 unspecified atom stereocenters. The lowest BCUT2D eigenvalue weighted by Gasteiger charge is -2.22. The average molecular weight is 539 g/mol. The highest BCUT2D eigenvalue weighted by Gasteiger charge is 2.20. The summed E-state index contributed by atoms with van der Waals surface area (Å²) in [4.78, 5) is 34.0. The third-order valence-corrected chi connectivity index (χ3v) is 7.00. The van der Waals surface area contributed by atoms with Crippen molar-refractivity contribution in [3.8, 4) is 22.9 Å². The van der Waals surface area contributed by atoms with E-state index in [9.17, 15) is 10.1 Å². The fraction of sp³-hybridized carbons (Fsp3) is 0.125. The maximum absolute atomic E-state index is 14.4. The minimum absolute atomic E-state index is 0.149. The first-order valence-electron chi connectivity index (χ1n) is 13.1. The number of nitriles is 1. The van der Waals surface area contributed by atoms with Crippen LogP contribution in [0.5, 0.6) is 0 Å². The van der Waals surface area contributed by atoms with Crippen LogP contribution in [0.4, 0.5) is 11.8 Å². The van der Waals surface area contributed by atoms with Crippen molar-refractivity contribution in [2.75, 3.05) is 24.3 Å². The second-order valence-electron chi connectivity index (χ2n) is 9.91. The molecule has 41 heavy (non-hydrogen) atoms. The Hall–Kier alpha value is -5.62. The SMILES string of the molecule is CC(Nc1ncnc2ccc(C#N)cc12)c1cc2cccc(-c3cnc(N(C)C)nc3)c2c(=O)n1-c1ccccc1. The maximum atomic E-state index is 14.4. The van der Waals surface area contributed by atoms with E-state index in [4.69, 9.17) is 0 Å². The Bertz CT molecular complexity index is 1990. The molecule has 0 fully saturated rings. The van der Waals surface area contributed by atoms with E-state index in [1.807, 2.05) is 80.5 Å². The van der Waals surface area contributed by atoms with Gasteiger partial charge in [-0.15, -0.1) is 0 Å². The Labute approximate surface area is 236 Å². The number of pyridine rings is 1. The number of fused-ring (bicyclic) bond motifs is 2. The lowest BCUT2D eigenvalue weighted by atomic mass is 9.99. The molecule has 0 aliphatic rings. The molecule has 6 rings (SSSR count). The second kappa shape index (κ2) is 10.5. The van der Waals surface area contributed by atoms with Crippen molar-refractivity contribution < 1.29 is 0 Å². The predicted octanol–water partition coefficient (Wildman–Crippen LogP) is 5.50. The number of para-hydroxylation sites is 1. The molecule has 0 aliphatic carbocycles. The lowest BCUT2D eigenvalue weighted by Crippen LogP contribution is -2.26. The quantitative estimate of drug-likeness (QED) is 0.296. The Balaban J connectivity index is 1.53. The van der Waals surface area contributed by atoms with Gasteiger partial charge in [0.15, 0.2) is 0 Å². The van der Waals surface area contributed by atoms with Gasteiger partial charge in [-0.25, -0.2) is 19.9 Å². The summed E-state index contributed by atoms with van der Waals surface area (Å²) in [6.45, 7) is 1.99. The number of hydrogen-bond acceptors (Lipinski definition) is 8. The van der Waals surface area contributed by atoms with Crippen molar-refractivity contribution in [1.29, 1.82) is 5.26 Å². The molecule has 9 heteroatoms. The molecule has 3 heterocycles. The first kappa shape index (κ1) is 25.6. The number of aromatic nitrogens is 5. The minimum atomic E-state index is -0.331. The van der Waals surface area contributed by atoms with Crippen LogP contribution in [0.25, 0.3) is 38.5 Å². The van der Waals surface area contributed by atoms with E-state index in [1.165, 1.54) is 6.33 Å². The molecule has 0 bridgehead atoms. The molecule has 0 radical (unpaired) electrons. The van der Waals surface area contributed by atoms with Gasteiger partial charge in [0.1, 0.15) is 12.1 Å². The van der Waals surface area contributed by atoms with Gasteiger partial charge in [-0.3, -0.25) is 9.36 Å². The molecule has 0 saturated heterocycles. The minimum Gasteiger partial charge on any atom is -0.361 e. The molecule has 1 atom stereocenters. The zero-order valence-electron chi connectivity index (χ0n) is 22.8. The summed E-state index contributed by atoms with van der Waals surface area (Å²) >= 11 is 0. The van der Waals surface area contributed by atoms with E-state index in [1.54, 1.807) is 35.2 Å². The summed E-state index contributed by atoms with van der Waals surface area (Å²) < 4.78 is 1.74. The largest absolute Gasteiger partial charge is 0.361 e. The van der Waals surface area contributed by atoms with Crippen LogP contribution >= 0.6 is 0 Å². The summed E-state index contributed by atoms with van der Waals surface area (Å²) in [5.41, 5.74) is 4.12. The summed E-state index contributed by atoms with van der Waals surface area (Å²) in [6, 6.07) is 24.6. The zero-order valence-corrected chi connectivity index (χ0v) is 22.8. The van der Waals surface area contributed by atoms with Gasteiger partial charge in [0.2, 0.25) is 5.95 Å². The third-order valence-electron chi connectivity index (χ3n) is 7.00. The van der Waals surface area contributed by atoms with E-state index in [2.05, 4.69) is 31.3 Å². The Kier molecular flexibility index (Phi) is 6.57. The molecule has 1 N–H and O–H groups in total. The Morgan fingerprint density at radius 3 is 2.44 bits per heavy atom. The van der Waals surface area contributed by atoms with Crippen LogP contribution in [0.1, 0.15) is 24.2 Å². The van der Waals surface area contributed by atoms with Gasteiger partial charge >= 0.3 is 0 Å².